The number of anilines is 1. The lowest BCUT2D eigenvalue weighted by molar-refractivity contribution is -0.131. The van der Waals surface area contributed by atoms with Crippen molar-refractivity contribution in [3.63, 3.8) is 0 Å². The first-order valence-corrected chi connectivity index (χ1v) is 6.45. The molecule has 2 heterocycles. The third-order valence-corrected chi connectivity index (χ3v) is 3.28. The van der Waals surface area contributed by atoms with Gasteiger partial charge in [0.15, 0.2) is 12.0 Å². The number of nitrogens with zero attached hydrogens (tertiary/aromatic N) is 2. The normalized spacial score (nSPS) is 27.5. The first-order chi connectivity index (χ1) is 10.9. The Labute approximate surface area is 128 Å². The van der Waals surface area contributed by atoms with E-state index in [1.165, 1.54) is 0 Å². The highest BCUT2D eigenvalue weighted by Gasteiger charge is 2.43. The average Bonchev–Trinajstić information content (AvgIpc) is 2.81. The van der Waals surface area contributed by atoms with Crippen LogP contribution in [0.2, 0.25) is 0 Å². The molecule has 0 bridgehead atoms. The zero-order valence-corrected chi connectivity index (χ0v) is 11.6. The molecular weight excluding hydrogens is 314 g/mol. The van der Waals surface area contributed by atoms with E-state index in [0.29, 0.717) is 0 Å². The SMILES string of the molecule is O=C(O)C=Cc1cn([C@@H]2O[C@H](CO)C(O)C2O)c(=O)nc1NO. The predicted molar refractivity (Wildman–Crippen MR) is 73.6 cm³/mol. The molecule has 0 aliphatic carbocycles. The van der Waals surface area contributed by atoms with E-state index >= 15 is 0 Å². The van der Waals surface area contributed by atoms with Crippen LogP contribution in [0.15, 0.2) is 17.1 Å². The number of rotatable bonds is 5. The Morgan fingerprint density at radius 2 is 2.13 bits per heavy atom. The van der Waals surface area contributed by atoms with Crippen LogP contribution in [-0.4, -0.2) is 66.1 Å². The molecule has 1 saturated heterocycles. The summed E-state index contributed by atoms with van der Waals surface area (Å²) < 4.78 is 6.03. The first-order valence-electron chi connectivity index (χ1n) is 6.45. The van der Waals surface area contributed by atoms with Crippen molar-refractivity contribution in [2.24, 2.45) is 0 Å². The van der Waals surface area contributed by atoms with Gasteiger partial charge in [-0.05, 0) is 6.08 Å². The Balaban J connectivity index is 2.45. The van der Waals surface area contributed by atoms with Gasteiger partial charge in [0.1, 0.15) is 18.3 Å². The fourth-order valence-corrected chi connectivity index (χ4v) is 2.15. The number of aliphatic hydroxyl groups is 3. The van der Waals surface area contributed by atoms with Crippen LogP contribution in [0.3, 0.4) is 0 Å². The Hall–Kier alpha value is -2.31. The van der Waals surface area contributed by atoms with Gasteiger partial charge in [-0.15, -0.1) is 0 Å². The number of carboxylic acids is 1. The minimum absolute atomic E-state index is 0.0206. The molecule has 11 heteroatoms. The van der Waals surface area contributed by atoms with E-state index in [2.05, 4.69) is 4.98 Å². The Morgan fingerprint density at radius 1 is 1.43 bits per heavy atom. The van der Waals surface area contributed by atoms with E-state index in [4.69, 9.17) is 20.2 Å². The molecule has 1 aliphatic rings. The maximum atomic E-state index is 11.9. The van der Waals surface area contributed by atoms with Crippen molar-refractivity contribution < 1.29 is 35.2 Å². The number of hydrogen-bond acceptors (Lipinski definition) is 9. The summed E-state index contributed by atoms with van der Waals surface area (Å²) in [4.78, 5) is 26.0. The smallest absolute Gasteiger partial charge is 0.351 e. The summed E-state index contributed by atoms with van der Waals surface area (Å²) in [6, 6.07) is 0. The van der Waals surface area contributed by atoms with Crippen molar-refractivity contribution in [3.05, 3.63) is 28.3 Å². The van der Waals surface area contributed by atoms with Crippen LogP contribution in [0.25, 0.3) is 6.08 Å². The quantitative estimate of drug-likeness (QED) is 0.256. The number of carbonyl (C=O) groups is 1. The first kappa shape index (κ1) is 17.1. The van der Waals surface area contributed by atoms with Gasteiger partial charge in [-0.25, -0.2) is 9.59 Å². The molecule has 1 aromatic heterocycles. The van der Waals surface area contributed by atoms with Gasteiger partial charge in [-0.2, -0.15) is 4.98 Å². The van der Waals surface area contributed by atoms with E-state index in [1.54, 1.807) is 5.48 Å². The number of hydrogen-bond donors (Lipinski definition) is 6. The maximum absolute atomic E-state index is 11.9. The summed E-state index contributed by atoms with van der Waals surface area (Å²) in [5.74, 6) is -1.56. The largest absolute Gasteiger partial charge is 0.478 e. The van der Waals surface area contributed by atoms with E-state index in [-0.39, 0.29) is 11.4 Å². The second kappa shape index (κ2) is 6.85. The summed E-state index contributed by atoms with van der Waals surface area (Å²) in [5.41, 5.74) is 0.750. The minimum atomic E-state index is -1.50. The van der Waals surface area contributed by atoms with Crippen molar-refractivity contribution in [3.8, 4) is 0 Å². The molecule has 2 rings (SSSR count). The average molecular weight is 329 g/mol. The Morgan fingerprint density at radius 3 is 2.65 bits per heavy atom. The summed E-state index contributed by atoms with van der Waals surface area (Å²) in [6.45, 7) is -0.570. The number of nitrogens with one attached hydrogen (secondary N) is 1. The summed E-state index contributed by atoms with van der Waals surface area (Å²) in [5, 5.41) is 46.3. The Bertz CT molecular complexity index is 673. The number of carboxylic acid groups (broad SMARTS) is 1. The van der Waals surface area contributed by atoms with E-state index in [0.717, 1.165) is 22.9 Å². The number of aliphatic carboxylic acids is 1. The third-order valence-electron chi connectivity index (χ3n) is 3.28. The zero-order valence-electron chi connectivity index (χ0n) is 11.6. The van der Waals surface area contributed by atoms with Crippen molar-refractivity contribution in [1.82, 2.24) is 9.55 Å². The van der Waals surface area contributed by atoms with Gasteiger partial charge in [0.05, 0.1) is 6.61 Å². The molecule has 0 spiro atoms. The van der Waals surface area contributed by atoms with Gasteiger partial charge in [0.2, 0.25) is 0 Å². The van der Waals surface area contributed by atoms with Gasteiger partial charge >= 0.3 is 11.7 Å². The molecule has 4 atom stereocenters. The highest BCUT2D eigenvalue weighted by atomic mass is 16.6. The van der Waals surface area contributed by atoms with Crippen LogP contribution >= 0.6 is 0 Å². The highest BCUT2D eigenvalue weighted by molar-refractivity contribution is 5.86. The molecule has 0 aromatic carbocycles. The highest BCUT2D eigenvalue weighted by Crippen LogP contribution is 2.28. The second-order valence-electron chi connectivity index (χ2n) is 4.75. The summed E-state index contributed by atoms with van der Waals surface area (Å²) >= 11 is 0. The van der Waals surface area contributed by atoms with Crippen molar-refractivity contribution in [1.29, 1.82) is 0 Å². The molecule has 2 unspecified atom stereocenters. The predicted octanol–water partition coefficient (Wildman–Crippen LogP) is -2.25. The standard InChI is InChI=1S/C12H15N3O8/c16-4-6-8(19)9(20)11(23-6)15-3-5(1-2-7(17)18)10(14-22)13-12(15)21/h1-3,6,8-9,11,16,19-20,22H,4H2,(H,17,18)(H,13,14,21)/t6-,8?,9?,11-/m1/s1. The molecule has 11 nitrogen and oxygen atoms in total. The number of aliphatic hydroxyl groups excluding tert-OH is 3. The van der Waals surface area contributed by atoms with Crippen LogP contribution in [0.1, 0.15) is 11.8 Å². The van der Waals surface area contributed by atoms with Crippen LogP contribution in [-0.2, 0) is 9.53 Å². The maximum Gasteiger partial charge on any atom is 0.351 e. The molecule has 0 radical (unpaired) electrons. The lowest BCUT2D eigenvalue weighted by atomic mass is 10.1. The van der Waals surface area contributed by atoms with E-state index < -0.39 is 42.8 Å². The van der Waals surface area contributed by atoms with Gasteiger partial charge in [0.25, 0.3) is 0 Å². The lowest BCUT2D eigenvalue weighted by Crippen LogP contribution is -2.36. The minimum Gasteiger partial charge on any atom is -0.478 e. The van der Waals surface area contributed by atoms with E-state index in [1.807, 2.05) is 0 Å². The zero-order chi connectivity index (χ0) is 17.1. The van der Waals surface area contributed by atoms with E-state index in [9.17, 15) is 19.8 Å². The van der Waals surface area contributed by atoms with Crippen molar-refractivity contribution >= 4 is 17.9 Å². The lowest BCUT2D eigenvalue weighted by Gasteiger charge is -2.18. The molecule has 1 aliphatic heterocycles. The van der Waals surface area contributed by atoms with Gasteiger partial charge < -0.3 is 25.2 Å². The molecule has 126 valence electrons. The van der Waals surface area contributed by atoms with Crippen molar-refractivity contribution in [2.45, 2.75) is 24.5 Å². The summed E-state index contributed by atoms with van der Waals surface area (Å²) in [7, 11) is 0. The Kier molecular flexibility index (Phi) is 5.08. The third kappa shape index (κ3) is 3.38. The van der Waals surface area contributed by atoms with Gasteiger partial charge in [-0.3, -0.25) is 15.3 Å². The fraction of sp³-hybridized carbons (Fsp3) is 0.417. The molecule has 23 heavy (non-hydrogen) atoms. The summed E-state index contributed by atoms with van der Waals surface area (Å²) in [6.07, 6.45) is -2.42. The molecule has 1 fully saturated rings. The van der Waals surface area contributed by atoms with Gasteiger partial charge in [-0.1, -0.05) is 0 Å². The van der Waals surface area contributed by atoms with Crippen LogP contribution in [0.4, 0.5) is 5.82 Å². The van der Waals surface area contributed by atoms with Crippen LogP contribution in [0, 0.1) is 0 Å². The molecular formula is C12H15N3O8. The molecule has 1 aromatic rings. The second-order valence-corrected chi connectivity index (χ2v) is 4.75. The van der Waals surface area contributed by atoms with Crippen molar-refractivity contribution in [2.75, 3.05) is 12.1 Å². The number of ether oxygens (including phenoxy) is 1. The molecule has 0 amide bonds. The fourth-order valence-electron chi connectivity index (χ4n) is 2.15. The topological polar surface area (TPSA) is 174 Å². The van der Waals surface area contributed by atoms with Gasteiger partial charge in [0, 0.05) is 17.8 Å². The molecule has 6 N–H and O–H groups in total. The van der Waals surface area contributed by atoms with Crippen LogP contribution < -0.4 is 11.2 Å². The number of aromatic nitrogens is 2. The van der Waals surface area contributed by atoms with Crippen LogP contribution in [0.5, 0.6) is 0 Å². The molecule has 0 saturated carbocycles. The monoisotopic (exact) mass is 329 g/mol.